The summed E-state index contributed by atoms with van der Waals surface area (Å²) in [6.07, 6.45) is 0. The second-order valence-corrected chi connectivity index (χ2v) is 4.61. The van der Waals surface area contributed by atoms with Gasteiger partial charge in [0.2, 0.25) is 0 Å². The maximum atomic E-state index is 4.69. The maximum absolute atomic E-state index is 4.69. The third kappa shape index (κ3) is 1.15. The lowest BCUT2D eigenvalue weighted by Crippen LogP contribution is -1.92. The number of rotatable bonds is 0. The molecule has 0 radical (unpaired) electrons. The number of aromatic nitrogens is 2. The Morgan fingerprint density at radius 3 is 2.67 bits per heavy atom. The summed E-state index contributed by atoms with van der Waals surface area (Å²) >= 11 is 0. The van der Waals surface area contributed by atoms with Crippen LogP contribution in [0.3, 0.4) is 0 Å². The zero-order valence-corrected chi connectivity index (χ0v) is 10.1. The first-order valence-corrected chi connectivity index (χ1v) is 6.10. The summed E-state index contributed by atoms with van der Waals surface area (Å²) in [6.45, 7) is 2.16. The Bertz CT molecular complexity index is 887. The first-order valence-electron chi connectivity index (χ1n) is 6.10. The first kappa shape index (κ1) is 9.66. The van der Waals surface area contributed by atoms with E-state index >= 15 is 0 Å². The summed E-state index contributed by atoms with van der Waals surface area (Å²) in [6, 6.07) is 18.9. The predicted molar refractivity (Wildman–Crippen MR) is 74.9 cm³/mol. The van der Waals surface area contributed by atoms with Gasteiger partial charge >= 0.3 is 0 Å². The van der Waals surface area contributed by atoms with Crippen LogP contribution in [0.15, 0.2) is 54.6 Å². The van der Waals surface area contributed by atoms with Crippen LogP contribution in [0.1, 0.15) is 5.69 Å². The molecule has 0 aliphatic carbocycles. The van der Waals surface area contributed by atoms with Gasteiger partial charge in [-0.3, -0.25) is 4.40 Å². The Morgan fingerprint density at radius 1 is 0.944 bits per heavy atom. The minimum atomic E-state index is 1.02. The summed E-state index contributed by atoms with van der Waals surface area (Å²) in [5.74, 6) is 0. The van der Waals surface area contributed by atoms with E-state index in [1.54, 1.807) is 0 Å². The van der Waals surface area contributed by atoms with Crippen molar-refractivity contribution in [3.63, 3.8) is 0 Å². The fourth-order valence-corrected chi connectivity index (χ4v) is 2.71. The summed E-state index contributed by atoms with van der Waals surface area (Å²) < 4.78 is 2.23. The molecule has 0 N–H and O–H groups in total. The Morgan fingerprint density at radius 2 is 1.72 bits per heavy atom. The Hall–Kier alpha value is -2.35. The number of aryl methyl sites for hydroxylation is 1. The summed E-state index contributed by atoms with van der Waals surface area (Å²) in [7, 11) is 0. The van der Waals surface area contributed by atoms with E-state index in [9.17, 15) is 0 Å². The van der Waals surface area contributed by atoms with Crippen LogP contribution in [0.4, 0.5) is 0 Å². The van der Waals surface area contributed by atoms with Crippen LogP contribution in [0, 0.1) is 6.92 Å². The van der Waals surface area contributed by atoms with Crippen LogP contribution in [0.25, 0.3) is 27.5 Å². The van der Waals surface area contributed by atoms with E-state index < -0.39 is 0 Å². The topological polar surface area (TPSA) is 17.3 Å². The highest BCUT2D eigenvalue weighted by atomic mass is 15.0. The molecule has 2 heterocycles. The Labute approximate surface area is 104 Å². The van der Waals surface area contributed by atoms with E-state index in [1.165, 1.54) is 22.0 Å². The fourth-order valence-electron chi connectivity index (χ4n) is 2.71. The molecule has 0 aliphatic heterocycles. The van der Waals surface area contributed by atoms with Gasteiger partial charge in [0.05, 0.1) is 11.0 Å². The Kier molecular flexibility index (Phi) is 1.78. The van der Waals surface area contributed by atoms with Gasteiger partial charge in [-0.05, 0) is 30.5 Å². The lowest BCUT2D eigenvalue weighted by Gasteiger charge is -2.06. The third-order valence-corrected chi connectivity index (χ3v) is 3.56. The number of imidazole rings is 1. The molecule has 0 amide bonds. The average Bonchev–Trinajstić information content (AvgIpc) is 2.77. The van der Waals surface area contributed by atoms with Gasteiger partial charge in [0.25, 0.3) is 0 Å². The lowest BCUT2D eigenvalue weighted by atomic mass is 10.1. The van der Waals surface area contributed by atoms with Crippen molar-refractivity contribution in [1.29, 1.82) is 0 Å². The van der Waals surface area contributed by atoms with Crippen molar-refractivity contribution in [3.05, 3.63) is 60.3 Å². The average molecular weight is 232 g/mol. The first-order chi connectivity index (χ1) is 8.84. The van der Waals surface area contributed by atoms with Gasteiger partial charge < -0.3 is 0 Å². The zero-order valence-electron chi connectivity index (χ0n) is 10.1. The van der Waals surface area contributed by atoms with Crippen LogP contribution in [0.5, 0.6) is 0 Å². The van der Waals surface area contributed by atoms with Crippen molar-refractivity contribution in [1.82, 2.24) is 9.38 Å². The molecule has 2 nitrogen and oxygen atoms in total. The van der Waals surface area contributed by atoms with Gasteiger partial charge in [-0.1, -0.05) is 36.4 Å². The number of fused-ring (bicyclic) bond motifs is 4. The van der Waals surface area contributed by atoms with Gasteiger partial charge in [-0.2, -0.15) is 0 Å². The van der Waals surface area contributed by atoms with Crippen LogP contribution in [-0.2, 0) is 0 Å². The molecule has 0 fully saturated rings. The molecule has 0 spiro atoms. The molecular weight excluding hydrogens is 220 g/mol. The zero-order chi connectivity index (χ0) is 12.1. The molecule has 4 rings (SSSR count). The standard InChI is InChI=1S/C16H12N2/c1-11-13-7-3-2-6-12(13)10-16-17-14-8-4-5-9-15(14)18(11)16/h2-10H,1H3. The molecule has 86 valence electrons. The number of hydrogen-bond donors (Lipinski definition) is 0. The van der Waals surface area contributed by atoms with Gasteiger partial charge in [0, 0.05) is 11.1 Å². The molecule has 2 aromatic heterocycles. The minimum absolute atomic E-state index is 1.02. The molecular formula is C16H12N2. The lowest BCUT2D eigenvalue weighted by molar-refractivity contribution is 1.15. The number of pyridine rings is 1. The highest BCUT2D eigenvalue weighted by Gasteiger charge is 2.08. The van der Waals surface area contributed by atoms with E-state index in [0.29, 0.717) is 0 Å². The molecule has 0 atom stereocenters. The number of benzene rings is 2. The second kappa shape index (κ2) is 3.33. The van der Waals surface area contributed by atoms with Crippen molar-refractivity contribution in [2.75, 3.05) is 0 Å². The third-order valence-electron chi connectivity index (χ3n) is 3.56. The van der Waals surface area contributed by atoms with Crippen molar-refractivity contribution in [3.8, 4) is 0 Å². The normalized spacial score (nSPS) is 11.6. The molecule has 0 unspecified atom stereocenters. The molecule has 2 heteroatoms. The highest BCUT2D eigenvalue weighted by Crippen LogP contribution is 2.25. The van der Waals surface area contributed by atoms with E-state index in [1.807, 2.05) is 6.07 Å². The van der Waals surface area contributed by atoms with Crippen LogP contribution >= 0.6 is 0 Å². The SMILES string of the molecule is Cc1c2ccccc2cc2nc3ccccc3n12. The fraction of sp³-hybridized carbons (Fsp3) is 0.0625. The quantitative estimate of drug-likeness (QED) is 0.448. The van der Waals surface area contributed by atoms with E-state index in [2.05, 4.69) is 64.8 Å². The molecule has 18 heavy (non-hydrogen) atoms. The monoisotopic (exact) mass is 232 g/mol. The van der Waals surface area contributed by atoms with Crippen molar-refractivity contribution in [2.45, 2.75) is 6.92 Å². The van der Waals surface area contributed by atoms with Crippen LogP contribution in [0.2, 0.25) is 0 Å². The Balaban J connectivity index is 2.34. The largest absolute Gasteiger partial charge is 0.296 e. The van der Waals surface area contributed by atoms with Gasteiger partial charge in [-0.15, -0.1) is 0 Å². The van der Waals surface area contributed by atoms with Gasteiger partial charge in [-0.25, -0.2) is 4.98 Å². The number of hydrogen-bond acceptors (Lipinski definition) is 1. The van der Waals surface area contributed by atoms with E-state index in [0.717, 1.165) is 11.2 Å². The number of para-hydroxylation sites is 2. The second-order valence-electron chi connectivity index (χ2n) is 4.61. The van der Waals surface area contributed by atoms with Gasteiger partial charge in [0.15, 0.2) is 0 Å². The van der Waals surface area contributed by atoms with Crippen molar-refractivity contribution in [2.24, 2.45) is 0 Å². The van der Waals surface area contributed by atoms with E-state index in [-0.39, 0.29) is 0 Å². The maximum Gasteiger partial charge on any atom is 0.138 e. The van der Waals surface area contributed by atoms with Crippen molar-refractivity contribution >= 4 is 27.5 Å². The van der Waals surface area contributed by atoms with Crippen molar-refractivity contribution < 1.29 is 0 Å². The summed E-state index contributed by atoms with van der Waals surface area (Å²) in [4.78, 5) is 4.69. The van der Waals surface area contributed by atoms with E-state index in [4.69, 9.17) is 0 Å². The van der Waals surface area contributed by atoms with Gasteiger partial charge in [0.1, 0.15) is 5.65 Å². The molecule has 0 saturated carbocycles. The molecule has 0 saturated heterocycles. The summed E-state index contributed by atoms with van der Waals surface area (Å²) in [5, 5.41) is 2.53. The van der Waals surface area contributed by atoms with Crippen LogP contribution in [-0.4, -0.2) is 9.38 Å². The molecule has 0 aliphatic rings. The molecule has 2 aromatic carbocycles. The smallest absolute Gasteiger partial charge is 0.138 e. The molecule has 0 bridgehead atoms. The number of nitrogens with zero attached hydrogens (tertiary/aromatic N) is 2. The minimum Gasteiger partial charge on any atom is -0.296 e. The summed E-state index contributed by atoms with van der Waals surface area (Å²) in [5.41, 5.74) is 4.50. The molecule has 4 aromatic rings. The van der Waals surface area contributed by atoms with Crippen LogP contribution < -0.4 is 0 Å². The highest BCUT2D eigenvalue weighted by molar-refractivity contribution is 5.91. The predicted octanol–water partition coefficient (Wildman–Crippen LogP) is 3.95.